The van der Waals surface area contributed by atoms with Crippen LogP contribution in [0.2, 0.25) is 0 Å². The molecule has 27 heavy (non-hydrogen) atoms. The summed E-state index contributed by atoms with van der Waals surface area (Å²) < 4.78 is 5.67. The van der Waals surface area contributed by atoms with Crippen molar-refractivity contribution in [3.63, 3.8) is 0 Å². The molecule has 2 rings (SSSR count). The van der Waals surface area contributed by atoms with Gasteiger partial charge in [0, 0.05) is 11.3 Å². The zero-order valence-corrected chi connectivity index (χ0v) is 16.1. The Kier molecular flexibility index (Phi) is 8.27. The van der Waals surface area contributed by atoms with Gasteiger partial charge in [0.25, 0.3) is 5.91 Å². The van der Waals surface area contributed by atoms with Crippen LogP contribution in [-0.4, -0.2) is 17.6 Å². The van der Waals surface area contributed by atoms with Crippen molar-refractivity contribution in [1.82, 2.24) is 5.32 Å². The van der Waals surface area contributed by atoms with E-state index in [0.717, 1.165) is 12.2 Å². The summed E-state index contributed by atoms with van der Waals surface area (Å²) in [6.45, 7) is 2.86. The third-order valence-corrected chi connectivity index (χ3v) is 4.09. The van der Waals surface area contributed by atoms with Gasteiger partial charge < -0.3 is 10.1 Å². The molecule has 0 heterocycles. The Morgan fingerprint density at radius 1 is 1.07 bits per heavy atom. The molecule has 0 saturated heterocycles. The molecular formula is C21H23N3O2S. The Bertz CT molecular complexity index is 796. The zero-order valence-electron chi connectivity index (χ0n) is 15.3. The van der Waals surface area contributed by atoms with E-state index in [2.05, 4.69) is 17.6 Å². The normalized spacial score (nSPS) is 9.93. The van der Waals surface area contributed by atoms with E-state index in [1.165, 1.54) is 19.3 Å². The quantitative estimate of drug-likeness (QED) is 0.514. The predicted molar refractivity (Wildman–Crippen MR) is 111 cm³/mol. The first kappa shape index (κ1) is 20.4. The van der Waals surface area contributed by atoms with Crippen LogP contribution < -0.4 is 15.4 Å². The number of nitriles is 1. The van der Waals surface area contributed by atoms with Gasteiger partial charge in [-0.2, -0.15) is 5.26 Å². The lowest BCUT2D eigenvalue weighted by Crippen LogP contribution is -2.34. The summed E-state index contributed by atoms with van der Waals surface area (Å²) in [5.74, 6) is 0.456. The maximum Gasteiger partial charge on any atom is 0.257 e. The molecule has 2 N–H and O–H groups in total. The maximum absolute atomic E-state index is 12.3. The maximum atomic E-state index is 12.3. The lowest BCUT2D eigenvalue weighted by molar-refractivity contribution is 0.0977. The van der Waals surface area contributed by atoms with Crippen LogP contribution in [0.1, 0.15) is 48.5 Å². The summed E-state index contributed by atoms with van der Waals surface area (Å²) in [7, 11) is 0. The predicted octanol–water partition coefficient (Wildman–Crippen LogP) is 4.64. The molecule has 0 spiro atoms. The molecule has 6 heteroatoms. The van der Waals surface area contributed by atoms with Crippen molar-refractivity contribution < 1.29 is 9.53 Å². The first-order chi connectivity index (χ1) is 13.1. The van der Waals surface area contributed by atoms with Crippen LogP contribution in [0.3, 0.4) is 0 Å². The fraction of sp³-hybridized carbons (Fsp3) is 0.286. The second kappa shape index (κ2) is 10.9. The third kappa shape index (κ3) is 7.08. The highest BCUT2D eigenvalue weighted by atomic mass is 32.1. The van der Waals surface area contributed by atoms with Crippen molar-refractivity contribution in [3.05, 3.63) is 59.7 Å². The molecule has 0 atom stereocenters. The highest BCUT2D eigenvalue weighted by Crippen LogP contribution is 2.13. The highest BCUT2D eigenvalue weighted by Gasteiger charge is 2.08. The number of unbranched alkanes of at least 4 members (excludes halogenated alkanes) is 3. The van der Waals surface area contributed by atoms with E-state index >= 15 is 0 Å². The van der Waals surface area contributed by atoms with Gasteiger partial charge in [-0.3, -0.25) is 10.1 Å². The molecule has 0 aromatic heterocycles. The summed E-state index contributed by atoms with van der Waals surface area (Å²) >= 11 is 5.16. The van der Waals surface area contributed by atoms with Crippen LogP contribution in [0.25, 0.3) is 0 Å². The van der Waals surface area contributed by atoms with Crippen LogP contribution in [0.15, 0.2) is 48.5 Å². The van der Waals surface area contributed by atoms with Gasteiger partial charge >= 0.3 is 0 Å². The molecule has 0 aliphatic carbocycles. The summed E-state index contributed by atoms with van der Waals surface area (Å²) in [6, 6.07) is 15.8. The van der Waals surface area contributed by atoms with Gasteiger partial charge in [-0.15, -0.1) is 0 Å². The van der Waals surface area contributed by atoms with E-state index in [1.54, 1.807) is 48.5 Å². The minimum absolute atomic E-state index is 0.195. The van der Waals surface area contributed by atoms with Crippen LogP contribution in [0.5, 0.6) is 5.75 Å². The second-order valence-electron chi connectivity index (χ2n) is 6.03. The van der Waals surface area contributed by atoms with Gasteiger partial charge in [-0.05, 0) is 67.2 Å². The van der Waals surface area contributed by atoms with Crippen molar-refractivity contribution >= 4 is 28.9 Å². The molecular weight excluding hydrogens is 358 g/mol. The molecule has 0 aliphatic heterocycles. The molecule has 140 valence electrons. The molecule has 1 amide bonds. The summed E-state index contributed by atoms with van der Waals surface area (Å²) in [5.41, 5.74) is 1.76. The zero-order chi connectivity index (χ0) is 19.5. The molecule has 0 radical (unpaired) electrons. The number of ether oxygens (including phenoxy) is 1. The van der Waals surface area contributed by atoms with E-state index in [1.807, 2.05) is 6.07 Å². The first-order valence-electron chi connectivity index (χ1n) is 8.97. The lowest BCUT2D eigenvalue weighted by atomic mass is 10.2. The SMILES string of the molecule is CCCCCCOc1ccc(C(=O)NC(=S)Nc2ccc(C#N)cc2)cc1. The topological polar surface area (TPSA) is 74.2 Å². The smallest absolute Gasteiger partial charge is 0.257 e. The van der Waals surface area contributed by atoms with Crippen LogP contribution in [0, 0.1) is 11.3 Å². The average Bonchev–Trinajstić information content (AvgIpc) is 2.68. The Hall–Kier alpha value is -2.91. The number of rotatable bonds is 8. The van der Waals surface area contributed by atoms with Crippen LogP contribution in [-0.2, 0) is 0 Å². The molecule has 5 nitrogen and oxygen atoms in total. The standard InChI is InChI=1S/C21H23N3O2S/c1-2-3-4-5-14-26-19-12-8-17(9-13-19)20(25)24-21(27)23-18-10-6-16(15-22)7-11-18/h6-13H,2-5,14H2,1H3,(H2,23,24,25,27). The van der Waals surface area contributed by atoms with Crippen LogP contribution in [0.4, 0.5) is 5.69 Å². The number of amides is 1. The molecule has 0 aliphatic rings. The molecule has 0 bridgehead atoms. The fourth-order valence-electron chi connectivity index (χ4n) is 2.39. The number of benzene rings is 2. The van der Waals surface area contributed by atoms with Gasteiger partial charge in [0.05, 0.1) is 18.2 Å². The van der Waals surface area contributed by atoms with Gasteiger partial charge in [-0.1, -0.05) is 26.2 Å². The number of hydrogen-bond donors (Lipinski definition) is 2. The molecule has 2 aromatic carbocycles. The first-order valence-corrected chi connectivity index (χ1v) is 9.38. The van der Waals surface area contributed by atoms with Gasteiger partial charge in [-0.25, -0.2) is 0 Å². The summed E-state index contributed by atoms with van der Waals surface area (Å²) in [5, 5.41) is 14.5. The minimum atomic E-state index is -0.296. The van der Waals surface area contributed by atoms with E-state index in [4.69, 9.17) is 22.2 Å². The van der Waals surface area contributed by atoms with Crippen LogP contribution >= 0.6 is 12.2 Å². The number of nitrogens with one attached hydrogen (secondary N) is 2. The number of thiocarbonyl (C=S) groups is 1. The largest absolute Gasteiger partial charge is 0.494 e. The van der Waals surface area contributed by atoms with Crippen molar-refractivity contribution in [2.75, 3.05) is 11.9 Å². The highest BCUT2D eigenvalue weighted by molar-refractivity contribution is 7.80. The molecule has 0 saturated carbocycles. The Morgan fingerprint density at radius 2 is 1.78 bits per heavy atom. The number of nitrogens with zero attached hydrogens (tertiary/aromatic N) is 1. The Balaban J connectivity index is 1.80. The minimum Gasteiger partial charge on any atom is -0.494 e. The Morgan fingerprint density at radius 3 is 2.41 bits per heavy atom. The second-order valence-corrected chi connectivity index (χ2v) is 6.44. The van der Waals surface area contributed by atoms with Gasteiger partial charge in [0.15, 0.2) is 5.11 Å². The number of carbonyl (C=O) groups is 1. The summed E-state index contributed by atoms with van der Waals surface area (Å²) in [4.78, 5) is 12.3. The summed E-state index contributed by atoms with van der Waals surface area (Å²) in [6.07, 6.45) is 4.62. The molecule has 2 aromatic rings. The van der Waals surface area contributed by atoms with E-state index in [-0.39, 0.29) is 11.0 Å². The fourth-order valence-corrected chi connectivity index (χ4v) is 2.60. The van der Waals surface area contributed by atoms with Crippen molar-refractivity contribution in [3.8, 4) is 11.8 Å². The molecule has 0 fully saturated rings. The average molecular weight is 382 g/mol. The number of hydrogen-bond acceptors (Lipinski definition) is 4. The lowest BCUT2D eigenvalue weighted by Gasteiger charge is -2.10. The number of anilines is 1. The van der Waals surface area contributed by atoms with Gasteiger partial charge in [0.2, 0.25) is 0 Å². The Labute approximate surface area is 165 Å². The van der Waals surface area contributed by atoms with Crippen molar-refractivity contribution in [1.29, 1.82) is 5.26 Å². The number of carbonyl (C=O) groups excluding carboxylic acids is 1. The van der Waals surface area contributed by atoms with E-state index in [0.29, 0.717) is 23.4 Å². The van der Waals surface area contributed by atoms with Gasteiger partial charge in [0.1, 0.15) is 5.75 Å². The molecule has 0 unspecified atom stereocenters. The monoisotopic (exact) mass is 381 g/mol. The van der Waals surface area contributed by atoms with E-state index < -0.39 is 0 Å². The van der Waals surface area contributed by atoms with E-state index in [9.17, 15) is 4.79 Å². The van der Waals surface area contributed by atoms with Crippen molar-refractivity contribution in [2.24, 2.45) is 0 Å². The van der Waals surface area contributed by atoms with Crippen molar-refractivity contribution in [2.45, 2.75) is 32.6 Å². The third-order valence-electron chi connectivity index (χ3n) is 3.88.